The molecule has 0 N–H and O–H groups in total. The Morgan fingerprint density at radius 3 is 2.81 bits per heavy atom. The summed E-state index contributed by atoms with van der Waals surface area (Å²) in [4.78, 5) is 23.6. The van der Waals surface area contributed by atoms with Crippen LogP contribution in [0.5, 0.6) is 0 Å². The Morgan fingerprint density at radius 1 is 1.23 bits per heavy atom. The normalized spacial score (nSPS) is 17.6. The number of hydrogen-bond donors (Lipinski definition) is 0. The molecule has 0 spiro atoms. The number of aromatic nitrogens is 4. The Bertz CT molecular complexity index is 948. The van der Waals surface area contributed by atoms with E-state index in [1.54, 1.807) is 4.68 Å². The molecule has 1 aliphatic rings. The van der Waals surface area contributed by atoms with E-state index < -0.39 is 0 Å². The second-order valence-corrected chi connectivity index (χ2v) is 7.00. The number of piperidine rings is 1. The Kier molecular flexibility index (Phi) is 4.41. The number of hydrogen-bond acceptors (Lipinski definition) is 4. The minimum absolute atomic E-state index is 0.100. The lowest BCUT2D eigenvalue weighted by Gasteiger charge is -2.32. The molecule has 26 heavy (non-hydrogen) atoms. The largest absolute Gasteiger partial charge is 0.340 e. The number of carbonyl (C=O) groups excluding carboxylic acids is 1. The smallest absolute Gasteiger partial charge is 0.244 e. The van der Waals surface area contributed by atoms with Gasteiger partial charge in [-0.3, -0.25) is 9.78 Å². The molecule has 4 rings (SSSR count). The van der Waals surface area contributed by atoms with Crippen LogP contribution in [0.15, 0.2) is 36.5 Å². The molecule has 134 valence electrons. The van der Waals surface area contributed by atoms with Crippen molar-refractivity contribution in [2.75, 3.05) is 13.1 Å². The number of amides is 1. The highest BCUT2D eigenvalue weighted by Crippen LogP contribution is 2.27. The van der Waals surface area contributed by atoms with Gasteiger partial charge in [-0.25, -0.2) is 9.67 Å². The van der Waals surface area contributed by atoms with Crippen molar-refractivity contribution >= 4 is 16.7 Å². The minimum atomic E-state index is 0.100. The zero-order chi connectivity index (χ0) is 18.1. The molecule has 0 aliphatic carbocycles. The summed E-state index contributed by atoms with van der Waals surface area (Å²) in [5.74, 6) is 1.87. The first-order valence-electron chi connectivity index (χ1n) is 9.10. The molecule has 0 unspecified atom stereocenters. The van der Waals surface area contributed by atoms with Gasteiger partial charge in [0.2, 0.25) is 5.91 Å². The molecule has 6 heteroatoms. The molecule has 1 aliphatic heterocycles. The van der Waals surface area contributed by atoms with Gasteiger partial charge in [0, 0.05) is 36.3 Å². The number of pyridine rings is 1. The number of aryl methyl sites for hydroxylation is 2. The maximum atomic E-state index is 12.7. The van der Waals surface area contributed by atoms with E-state index >= 15 is 0 Å². The molecule has 2 aromatic heterocycles. The Labute approximate surface area is 152 Å². The molecule has 6 nitrogen and oxygen atoms in total. The molecule has 0 saturated carbocycles. The summed E-state index contributed by atoms with van der Waals surface area (Å²) in [5, 5.41) is 6.66. The van der Waals surface area contributed by atoms with Crippen LogP contribution in [0.2, 0.25) is 0 Å². The van der Waals surface area contributed by atoms with Crippen molar-refractivity contribution in [1.29, 1.82) is 0 Å². The van der Waals surface area contributed by atoms with E-state index in [9.17, 15) is 4.79 Å². The number of carbonyl (C=O) groups is 1. The van der Waals surface area contributed by atoms with E-state index in [0.717, 1.165) is 42.8 Å². The zero-order valence-electron chi connectivity index (χ0n) is 15.2. The van der Waals surface area contributed by atoms with Gasteiger partial charge < -0.3 is 4.90 Å². The molecule has 3 heterocycles. The van der Waals surface area contributed by atoms with E-state index in [2.05, 4.69) is 33.3 Å². The molecule has 1 saturated heterocycles. The molecule has 1 amide bonds. The lowest BCUT2D eigenvalue weighted by Crippen LogP contribution is -2.41. The molecular weight excluding hydrogens is 326 g/mol. The summed E-state index contributed by atoms with van der Waals surface area (Å²) in [5.41, 5.74) is 1.08. The number of likely N-dealkylation sites (tertiary alicyclic amines) is 1. The second-order valence-electron chi connectivity index (χ2n) is 7.00. The molecular formula is C20H23N5O. The maximum Gasteiger partial charge on any atom is 0.244 e. The quantitative estimate of drug-likeness (QED) is 0.729. The van der Waals surface area contributed by atoms with Gasteiger partial charge in [0.25, 0.3) is 0 Å². The van der Waals surface area contributed by atoms with Crippen LogP contribution in [0.4, 0.5) is 0 Å². The fourth-order valence-electron chi connectivity index (χ4n) is 3.71. The van der Waals surface area contributed by atoms with Crippen molar-refractivity contribution < 1.29 is 4.79 Å². The van der Waals surface area contributed by atoms with Crippen molar-refractivity contribution in [2.24, 2.45) is 0 Å². The van der Waals surface area contributed by atoms with Crippen LogP contribution in [0.3, 0.4) is 0 Å². The summed E-state index contributed by atoms with van der Waals surface area (Å²) in [6, 6.07) is 10.4. The van der Waals surface area contributed by atoms with Crippen LogP contribution in [-0.2, 0) is 11.3 Å². The first-order valence-corrected chi connectivity index (χ1v) is 9.10. The lowest BCUT2D eigenvalue weighted by atomic mass is 9.93. The van der Waals surface area contributed by atoms with Crippen molar-refractivity contribution in [1.82, 2.24) is 24.6 Å². The number of rotatable bonds is 3. The standard InChI is InChI=1S/C20H23N5O/c1-14-22-15(2)25(23-14)13-20(26)24-9-5-8-18(12-24)19-10-16-6-3-4-7-17(16)11-21-19/h3-4,6-7,10-11,18H,5,8-9,12-13H2,1-2H3/t18-/m0/s1. The van der Waals surface area contributed by atoms with Gasteiger partial charge in [0.05, 0.1) is 0 Å². The van der Waals surface area contributed by atoms with Gasteiger partial charge in [-0.15, -0.1) is 0 Å². The van der Waals surface area contributed by atoms with Crippen molar-refractivity contribution in [3.8, 4) is 0 Å². The molecule has 1 fully saturated rings. The fourth-order valence-corrected chi connectivity index (χ4v) is 3.71. The second kappa shape index (κ2) is 6.86. The zero-order valence-corrected chi connectivity index (χ0v) is 15.2. The van der Waals surface area contributed by atoms with Gasteiger partial charge in [-0.2, -0.15) is 5.10 Å². The van der Waals surface area contributed by atoms with Gasteiger partial charge in [0.15, 0.2) is 0 Å². The van der Waals surface area contributed by atoms with Gasteiger partial charge in [0.1, 0.15) is 18.2 Å². The van der Waals surface area contributed by atoms with Crippen molar-refractivity contribution in [3.63, 3.8) is 0 Å². The molecule has 1 aromatic carbocycles. The van der Waals surface area contributed by atoms with Gasteiger partial charge in [-0.05, 0) is 38.1 Å². The van der Waals surface area contributed by atoms with E-state index in [1.807, 2.05) is 37.1 Å². The molecule has 3 aromatic rings. The molecule has 1 atom stereocenters. The van der Waals surface area contributed by atoms with Crippen LogP contribution in [0.25, 0.3) is 10.8 Å². The summed E-state index contributed by atoms with van der Waals surface area (Å²) in [7, 11) is 0. The van der Waals surface area contributed by atoms with E-state index in [4.69, 9.17) is 0 Å². The van der Waals surface area contributed by atoms with Gasteiger partial charge >= 0.3 is 0 Å². The molecule has 0 bridgehead atoms. The SMILES string of the molecule is Cc1nc(C)n(CC(=O)N2CCC[C@H](c3cc4ccccc4cn3)C2)n1. The predicted octanol–water partition coefficient (Wildman–Crippen LogP) is 2.85. The summed E-state index contributed by atoms with van der Waals surface area (Å²) in [6.45, 7) is 5.50. The maximum absolute atomic E-state index is 12.7. The fraction of sp³-hybridized carbons (Fsp3) is 0.400. The first kappa shape index (κ1) is 16.7. The highest BCUT2D eigenvalue weighted by molar-refractivity contribution is 5.82. The van der Waals surface area contributed by atoms with Crippen LogP contribution >= 0.6 is 0 Å². The Hall–Kier alpha value is -2.76. The minimum Gasteiger partial charge on any atom is -0.340 e. The highest BCUT2D eigenvalue weighted by Gasteiger charge is 2.26. The van der Waals surface area contributed by atoms with E-state index in [0.29, 0.717) is 5.82 Å². The Balaban J connectivity index is 1.49. The first-order chi connectivity index (χ1) is 12.6. The summed E-state index contributed by atoms with van der Waals surface area (Å²) < 4.78 is 1.69. The third-order valence-electron chi connectivity index (χ3n) is 5.09. The van der Waals surface area contributed by atoms with Crippen LogP contribution in [0, 0.1) is 13.8 Å². The van der Waals surface area contributed by atoms with E-state index in [1.165, 1.54) is 5.39 Å². The van der Waals surface area contributed by atoms with Crippen LogP contribution < -0.4 is 0 Å². The Morgan fingerprint density at radius 2 is 2.04 bits per heavy atom. The predicted molar refractivity (Wildman–Crippen MR) is 99.8 cm³/mol. The highest BCUT2D eigenvalue weighted by atomic mass is 16.2. The van der Waals surface area contributed by atoms with Crippen LogP contribution in [0.1, 0.15) is 36.1 Å². The van der Waals surface area contributed by atoms with Crippen molar-refractivity contribution in [3.05, 3.63) is 53.9 Å². The molecule has 0 radical (unpaired) electrons. The van der Waals surface area contributed by atoms with Crippen LogP contribution in [-0.4, -0.2) is 43.6 Å². The topological polar surface area (TPSA) is 63.9 Å². The number of nitrogens with zero attached hydrogens (tertiary/aromatic N) is 5. The number of fused-ring (bicyclic) bond motifs is 1. The van der Waals surface area contributed by atoms with Crippen molar-refractivity contribution in [2.45, 2.75) is 39.2 Å². The summed E-state index contributed by atoms with van der Waals surface area (Å²) in [6.07, 6.45) is 4.00. The number of benzene rings is 1. The summed E-state index contributed by atoms with van der Waals surface area (Å²) >= 11 is 0. The third kappa shape index (κ3) is 3.31. The van der Waals surface area contributed by atoms with E-state index in [-0.39, 0.29) is 18.4 Å². The lowest BCUT2D eigenvalue weighted by molar-refractivity contribution is -0.133. The average Bonchev–Trinajstić information content (AvgIpc) is 2.98. The third-order valence-corrected chi connectivity index (χ3v) is 5.09. The monoisotopic (exact) mass is 349 g/mol. The average molecular weight is 349 g/mol. The van der Waals surface area contributed by atoms with Gasteiger partial charge in [-0.1, -0.05) is 24.3 Å².